The summed E-state index contributed by atoms with van der Waals surface area (Å²) in [7, 11) is 2.98. The Balaban J connectivity index is 1.61. The number of benzene rings is 3. The first kappa shape index (κ1) is 28.2. The predicted molar refractivity (Wildman–Crippen MR) is 144 cm³/mol. The monoisotopic (exact) mass is 583 g/mol. The Morgan fingerprint density at radius 2 is 1.66 bits per heavy atom. The van der Waals surface area contributed by atoms with Gasteiger partial charge in [0.2, 0.25) is 0 Å². The zero-order valence-electron chi connectivity index (χ0n) is 20.9. The number of carbonyl (C=O) groups is 3. The summed E-state index contributed by atoms with van der Waals surface area (Å²) >= 11 is 3.30. The lowest BCUT2D eigenvalue weighted by molar-refractivity contribution is -0.120. The fourth-order valence-electron chi connectivity index (χ4n) is 3.20. The van der Waals surface area contributed by atoms with Gasteiger partial charge in [-0.1, -0.05) is 12.1 Å². The van der Waals surface area contributed by atoms with E-state index < -0.39 is 17.8 Å². The average Bonchev–Trinajstić information content (AvgIpc) is 2.93. The number of amides is 2. The molecule has 0 saturated heterocycles. The van der Waals surface area contributed by atoms with Gasteiger partial charge in [0.05, 0.1) is 44.7 Å². The van der Waals surface area contributed by atoms with E-state index in [9.17, 15) is 14.4 Å². The molecule has 2 amide bonds. The number of methoxy groups -OCH3 is 2. The second-order valence-corrected chi connectivity index (χ2v) is 8.41. The Morgan fingerprint density at radius 3 is 2.37 bits per heavy atom. The van der Waals surface area contributed by atoms with E-state index in [1.54, 1.807) is 61.5 Å². The molecule has 0 atom stereocenters. The zero-order chi connectivity index (χ0) is 27.5. The lowest BCUT2D eigenvalue weighted by atomic mass is 10.2. The standard InChI is InChI=1S/C27H26BrN3O7/c1-4-37-24-13-17(15-30-31-25(32)16-29-26(33)19-7-5-6-8-20(19)28)9-11-22(24)38-27(34)18-10-12-21(35-2)23(14-18)36-3/h5-15H,4,16H2,1-3H3,(H,29,33)(H,31,32)/b30-15+. The van der Waals surface area contributed by atoms with Crippen LogP contribution in [0.3, 0.4) is 0 Å². The van der Waals surface area contributed by atoms with Crippen molar-refractivity contribution in [3.8, 4) is 23.0 Å². The second kappa shape index (κ2) is 13.8. The molecule has 198 valence electrons. The summed E-state index contributed by atoms with van der Waals surface area (Å²) < 4.78 is 22.2. The van der Waals surface area contributed by atoms with Crippen LogP contribution in [-0.4, -0.2) is 51.4 Å². The van der Waals surface area contributed by atoms with Crippen molar-refractivity contribution in [2.24, 2.45) is 5.10 Å². The van der Waals surface area contributed by atoms with Crippen molar-refractivity contribution in [2.45, 2.75) is 6.92 Å². The van der Waals surface area contributed by atoms with Gasteiger partial charge < -0.3 is 24.3 Å². The molecular weight excluding hydrogens is 558 g/mol. The molecule has 0 aliphatic carbocycles. The van der Waals surface area contributed by atoms with Crippen LogP contribution in [0.1, 0.15) is 33.2 Å². The predicted octanol–water partition coefficient (Wildman–Crippen LogP) is 3.96. The summed E-state index contributed by atoms with van der Waals surface area (Å²) in [5, 5.41) is 6.44. The number of nitrogens with one attached hydrogen (secondary N) is 2. The first-order valence-corrected chi connectivity index (χ1v) is 12.2. The maximum atomic E-state index is 12.7. The first-order valence-electron chi connectivity index (χ1n) is 11.4. The molecule has 11 heteroatoms. The topological polar surface area (TPSA) is 125 Å². The van der Waals surface area contributed by atoms with Gasteiger partial charge >= 0.3 is 5.97 Å². The minimum absolute atomic E-state index is 0.211. The van der Waals surface area contributed by atoms with E-state index in [1.807, 2.05) is 0 Å². The molecule has 0 aromatic heterocycles. The number of carbonyl (C=O) groups excluding carboxylic acids is 3. The number of hydrogen-bond donors (Lipinski definition) is 2. The molecule has 0 bridgehead atoms. The van der Waals surface area contributed by atoms with Crippen molar-refractivity contribution in [3.05, 3.63) is 81.8 Å². The number of halogens is 1. The van der Waals surface area contributed by atoms with Crippen LogP contribution in [0.4, 0.5) is 0 Å². The molecule has 0 spiro atoms. The Bertz CT molecular complexity index is 1340. The number of hydrazone groups is 1. The van der Waals surface area contributed by atoms with E-state index in [4.69, 9.17) is 18.9 Å². The lowest BCUT2D eigenvalue weighted by Crippen LogP contribution is -2.35. The summed E-state index contributed by atoms with van der Waals surface area (Å²) in [4.78, 5) is 37.0. The molecule has 3 aromatic rings. The van der Waals surface area contributed by atoms with Crippen molar-refractivity contribution in [2.75, 3.05) is 27.4 Å². The minimum Gasteiger partial charge on any atom is -0.493 e. The molecule has 0 unspecified atom stereocenters. The van der Waals surface area contributed by atoms with Gasteiger partial charge in [0.15, 0.2) is 23.0 Å². The maximum Gasteiger partial charge on any atom is 0.343 e. The molecule has 0 aliphatic heterocycles. The average molecular weight is 584 g/mol. The number of hydrogen-bond acceptors (Lipinski definition) is 8. The van der Waals surface area contributed by atoms with E-state index in [1.165, 1.54) is 26.5 Å². The zero-order valence-corrected chi connectivity index (χ0v) is 22.5. The molecule has 3 aromatic carbocycles. The van der Waals surface area contributed by atoms with Gasteiger partial charge in [0.25, 0.3) is 11.8 Å². The highest BCUT2D eigenvalue weighted by molar-refractivity contribution is 9.10. The summed E-state index contributed by atoms with van der Waals surface area (Å²) in [5.41, 5.74) is 3.61. The smallest absolute Gasteiger partial charge is 0.343 e. The Kier molecular flexibility index (Phi) is 10.2. The van der Waals surface area contributed by atoms with E-state index in [0.29, 0.717) is 39.5 Å². The maximum absolute atomic E-state index is 12.7. The first-order chi connectivity index (χ1) is 18.4. The van der Waals surface area contributed by atoms with Gasteiger partial charge in [0.1, 0.15) is 0 Å². The van der Waals surface area contributed by atoms with Crippen LogP contribution in [0.25, 0.3) is 0 Å². The van der Waals surface area contributed by atoms with Gasteiger partial charge in [0, 0.05) is 4.47 Å². The lowest BCUT2D eigenvalue weighted by Gasteiger charge is -2.12. The summed E-state index contributed by atoms with van der Waals surface area (Å²) in [6.07, 6.45) is 1.40. The molecule has 10 nitrogen and oxygen atoms in total. The highest BCUT2D eigenvalue weighted by Gasteiger charge is 2.16. The third kappa shape index (κ3) is 7.56. The molecule has 0 heterocycles. The molecule has 0 aliphatic rings. The van der Waals surface area contributed by atoms with E-state index >= 15 is 0 Å². The number of nitrogens with zero attached hydrogens (tertiary/aromatic N) is 1. The second-order valence-electron chi connectivity index (χ2n) is 7.55. The SMILES string of the molecule is CCOc1cc(/C=N/NC(=O)CNC(=O)c2ccccc2Br)ccc1OC(=O)c1ccc(OC)c(OC)c1. The van der Waals surface area contributed by atoms with Crippen LogP contribution >= 0.6 is 15.9 Å². The molecule has 38 heavy (non-hydrogen) atoms. The highest BCUT2D eigenvalue weighted by atomic mass is 79.9. The van der Waals surface area contributed by atoms with Crippen LogP contribution in [0, 0.1) is 0 Å². The van der Waals surface area contributed by atoms with Crippen LogP contribution in [-0.2, 0) is 4.79 Å². The molecule has 2 N–H and O–H groups in total. The van der Waals surface area contributed by atoms with Crippen molar-refractivity contribution in [1.29, 1.82) is 0 Å². The third-order valence-corrected chi connectivity index (χ3v) is 5.71. The molecule has 0 radical (unpaired) electrons. The van der Waals surface area contributed by atoms with Gasteiger partial charge in [-0.3, -0.25) is 9.59 Å². The van der Waals surface area contributed by atoms with E-state index in [0.717, 1.165) is 0 Å². The normalized spacial score (nSPS) is 10.5. The van der Waals surface area contributed by atoms with Gasteiger partial charge in [-0.05, 0) is 76.9 Å². The summed E-state index contributed by atoms with van der Waals surface area (Å²) in [6, 6.07) is 16.4. The Morgan fingerprint density at radius 1 is 0.921 bits per heavy atom. The van der Waals surface area contributed by atoms with Crippen LogP contribution in [0.2, 0.25) is 0 Å². The van der Waals surface area contributed by atoms with E-state index in [-0.39, 0.29) is 17.9 Å². The van der Waals surface area contributed by atoms with Gasteiger partial charge in [-0.2, -0.15) is 5.10 Å². The third-order valence-electron chi connectivity index (χ3n) is 5.02. The summed E-state index contributed by atoms with van der Waals surface area (Å²) in [5.74, 6) is -0.0945. The van der Waals surface area contributed by atoms with Crippen molar-refractivity contribution in [3.63, 3.8) is 0 Å². The van der Waals surface area contributed by atoms with Gasteiger partial charge in [-0.25, -0.2) is 10.2 Å². The van der Waals surface area contributed by atoms with Gasteiger partial charge in [-0.15, -0.1) is 0 Å². The van der Waals surface area contributed by atoms with Crippen molar-refractivity contribution >= 4 is 39.9 Å². The Labute approximate surface area is 228 Å². The molecular formula is C27H26BrN3O7. The quantitative estimate of drug-likeness (QED) is 0.151. The highest BCUT2D eigenvalue weighted by Crippen LogP contribution is 2.31. The minimum atomic E-state index is -0.606. The van der Waals surface area contributed by atoms with Crippen molar-refractivity contribution in [1.82, 2.24) is 10.7 Å². The largest absolute Gasteiger partial charge is 0.493 e. The molecule has 3 rings (SSSR count). The van der Waals surface area contributed by atoms with E-state index in [2.05, 4.69) is 31.8 Å². The van der Waals surface area contributed by atoms with Crippen molar-refractivity contribution < 1.29 is 33.3 Å². The number of rotatable bonds is 11. The summed E-state index contributed by atoms with van der Waals surface area (Å²) in [6.45, 7) is 1.87. The van der Waals surface area contributed by atoms with Crippen LogP contribution < -0.4 is 29.7 Å². The fraction of sp³-hybridized carbons (Fsp3) is 0.185. The number of ether oxygens (including phenoxy) is 4. The Hall–Kier alpha value is -4.38. The molecule has 0 fully saturated rings. The van der Waals surface area contributed by atoms with Crippen LogP contribution in [0.15, 0.2) is 70.2 Å². The van der Waals surface area contributed by atoms with Crippen LogP contribution in [0.5, 0.6) is 23.0 Å². The molecule has 0 saturated carbocycles. The number of esters is 1. The fourth-order valence-corrected chi connectivity index (χ4v) is 3.66.